The van der Waals surface area contributed by atoms with Crippen LogP contribution in [0.15, 0.2) is 42.5 Å². The van der Waals surface area contributed by atoms with Crippen LogP contribution in [0.2, 0.25) is 0 Å². The van der Waals surface area contributed by atoms with Gasteiger partial charge in [-0.2, -0.15) is 0 Å². The van der Waals surface area contributed by atoms with Gasteiger partial charge in [0.2, 0.25) is 0 Å². The third kappa shape index (κ3) is 4.31. The maximum atomic E-state index is 12.5. The average molecular weight is 424 g/mol. The van der Waals surface area contributed by atoms with Gasteiger partial charge in [0.25, 0.3) is 0 Å². The molecule has 2 unspecified atom stereocenters. The first-order valence-electron chi connectivity index (χ1n) is 10.4. The fraction of sp³-hybridized carbons (Fsp3) is 0.417. The first-order chi connectivity index (χ1) is 14.7. The van der Waals surface area contributed by atoms with E-state index in [1.807, 2.05) is 45.0 Å². The number of benzene rings is 2. The Bertz CT molecular complexity index is 1000. The molecule has 164 valence electrons. The normalized spacial score (nSPS) is 23.7. The van der Waals surface area contributed by atoms with Crippen molar-refractivity contribution in [2.45, 2.75) is 50.8 Å². The number of carbonyl (C=O) groups is 2. The number of fused-ring (bicyclic) bond motifs is 1. The van der Waals surface area contributed by atoms with Crippen LogP contribution in [0.1, 0.15) is 49.3 Å². The van der Waals surface area contributed by atoms with Crippen molar-refractivity contribution in [2.24, 2.45) is 0 Å². The maximum absolute atomic E-state index is 12.5. The number of urea groups is 1. The van der Waals surface area contributed by atoms with E-state index in [2.05, 4.69) is 27.5 Å². The number of hydrogen-bond donors (Lipinski definition) is 2. The lowest BCUT2D eigenvalue weighted by atomic mass is 9.76. The standard InChI is InChI=1S/C24H28N2O5/c1-15-10-17(30-13-20(27)29-4)11-19-21(15)18(16-8-6-5-7-9-16)12-24(31-19)14-23(2,3)25-22(28)26-24/h5-11,18H,12-14H2,1-4H3,(H2,25,26,28). The van der Waals surface area contributed by atoms with Crippen LogP contribution >= 0.6 is 0 Å². The Balaban J connectivity index is 1.78. The van der Waals surface area contributed by atoms with E-state index in [0.29, 0.717) is 24.3 Å². The van der Waals surface area contributed by atoms with Crippen molar-refractivity contribution >= 4 is 12.0 Å². The second-order valence-corrected chi connectivity index (χ2v) is 8.92. The molecule has 7 heteroatoms. The van der Waals surface area contributed by atoms with E-state index >= 15 is 0 Å². The van der Waals surface area contributed by atoms with E-state index in [-0.39, 0.29) is 18.6 Å². The summed E-state index contributed by atoms with van der Waals surface area (Å²) in [5.74, 6) is 0.749. The predicted octanol–water partition coefficient (Wildman–Crippen LogP) is 3.64. The highest BCUT2D eigenvalue weighted by atomic mass is 16.6. The number of ether oxygens (including phenoxy) is 3. The van der Waals surface area contributed by atoms with Gasteiger partial charge in [0.15, 0.2) is 12.3 Å². The molecule has 2 aliphatic rings. The average Bonchev–Trinajstić information content (AvgIpc) is 2.70. The van der Waals surface area contributed by atoms with Gasteiger partial charge in [0, 0.05) is 35.9 Å². The van der Waals surface area contributed by atoms with Gasteiger partial charge in [-0.15, -0.1) is 0 Å². The van der Waals surface area contributed by atoms with E-state index in [0.717, 1.165) is 16.7 Å². The number of methoxy groups -OCH3 is 1. The highest BCUT2D eigenvalue weighted by molar-refractivity contribution is 5.77. The summed E-state index contributed by atoms with van der Waals surface area (Å²) in [6.07, 6.45) is 1.21. The Morgan fingerprint density at radius 1 is 1.19 bits per heavy atom. The lowest BCUT2D eigenvalue weighted by molar-refractivity contribution is -0.142. The minimum absolute atomic E-state index is 0.0359. The molecule has 0 aliphatic carbocycles. The number of hydrogen-bond acceptors (Lipinski definition) is 5. The third-order valence-corrected chi connectivity index (χ3v) is 5.82. The molecule has 2 aliphatic heterocycles. The minimum Gasteiger partial charge on any atom is -0.482 e. The van der Waals surface area contributed by atoms with Crippen molar-refractivity contribution in [3.63, 3.8) is 0 Å². The molecular formula is C24H28N2O5. The van der Waals surface area contributed by atoms with Crippen LogP contribution in [0, 0.1) is 6.92 Å². The van der Waals surface area contributed by atoms with Crippen LogP contribution in [0.5, 0.6) is 11.5 Å². The van der Waals surface area contributed by atoms with Crippen LogP contribution in [0.3, 0.4) is 0 Å². The lowest BCUT2D eigenvalue weighted by Crippen LogP contribution is -2.69. The van der Waals surface area contributed by atoms with E-state index in [1.165, 1.54) is 7.11 Å². The van der Waals surface area contributed by atoms with Gasteiger partial charge in [0.05, 0.1) is 7.11 Å². The molecule has 0 bridgehead atoms. The molecule has 2 N–H and O–H groups in total. The molecule has 2 amide bonds. The fourth-order valence-electron chi connectivity index (χ4n) is 4.74. The molecule has 4 rings (SSSR count). The molecule has 1 fully saturated rings. The van der Waals surface area contributed by atoms with Gasteiger partial charge >= 0.3 is 12.0 Å². The molecule has 0 radical (unpaired) electrons. The smallest absolute Gasteiger partial charge is 0.343 e. The van der Waals surface area contributed by atoms with Crippen LogP contribution < -0.4 is 20.1 Å². The van der Waals surface area contributed by atoms with E-state index in [1.54, 1.807) is 6.07 Å². The molecule has 2 heterocycles. The summed E-state index contributed by atoms with van der Waals surface area (Å²) in [4.78, 5) is 24.0. The monoisotopic (exact) mass is 424 g/mol. The van der Waals surface area contributed by atoms with Gasteiger partial charge < -0.3 is 24.8 Å². The number of carbonyl (C=O) groups excluding carboxylic acids is 2. The SMILES string of the molecule is COC(=O)COc1cc(C)c2c(c1)OC1(CC2c2ccccc2)CC(C)(C)NC(=O)N1. The Hall–Kier alpha value is -3.22. The summed E-state index contributed by atoms with van der Waals surface area (Å²) >= 11 is 0. The van der Waals surface area contributed by atoms with E-state index < -0.39 is 17.2 Å². The Morgan fingerprint density at radius 2 is 1.94 bits per heavy atom. The van der Waals surface area contributed by atoms with Gasteiger partial charge in [-0.1, -0.05) is 30.3 Å². The largest absolute Gasteiger partial charge is 0.482 e. The number of nitrogens with one attached hydrogen (secondary N) is 2. The molecule has 0 aromatic heterocycles. The van der Waals surface area contributed by atoms with Gasteiger partial charge in [-0.25, -0.2) is 9.59 Å². The zero-order valence-corrected chi connectivity index (χ0v) is 18.3. The van der Waals surface area contributed by atoms with E-state index in [4.69, 9.17) is 9.47 Å². The predicted molar refractivity (Wildman–Crippen MR) is 115 cm³/mol. The number of aryl methyl sites for hydroxylation is 1. The van der Waals surface area contributed by atoms with E-state index in [9.17, 15) is 9.59 Å². The van der Waals surface area contributed by atoms with Gasteiger partial charge in [-0.3, -0.25) is 0 Å². The maximum Gasteiger partial charge on any atom is 0.343 e. The molecular weight excluding hydrogens is 396 g/mol. The molecule has 2 aromatic carbocycles. The molecule has 1 saturated heterocycles. The second-order valence-electron chi connectivity index (χ2n) is 8.92. The van der Waals surface area contributed by atoms with Crippen LogP contribution in [0.25, 0.3) is 0 Å². The molecule has 2 aromatic rings. The van der Waals surface area contributed by atoms with Crippen LogP contribution in [-0.2, 0) is 9.53 Å². The van der Waals surface area contributed by atoms with Crippen LogP contribution in [-0.4, -0.2) is 37.0 Å². The quantitative estimate of drug-likeness (QED) is 0.732. The molecule has 0 saturated carbocycles. The Morgan fingerprint density at radius 3 is 2.61 bits per heavy atom. The molecule has 7 nitrogen and oxygen atoms in total. The summed E-state index contributed by atoms with van der Waals surface area (Å²) in [6, 6.07) is 13.7. The summed E-state index contributed by atoms with van der Waals surface area (Å²) in [5, 5.41) is 6.00. The van der Waals surface area contributed by atoms with Crippen molar-refractivity contribution in [2.75, 3.05) is 13.7 Å². The van der Waals surface area contributed by atoms with Gasteiger partial charge in [-0.05, 0) is 38.0 Å². The van der Waals surface area contributed by atoms with Crippen molar-refractivity contribution < 1.29 is 23.8 Å². The summed E-state index contributed by atoms with van der Waals surface area (Å²) < 4.78 is 16.8. The van der Waals surface area contributed by atoms with Crippen LogP contribution in [0.4, 0.5) is 4.79 Å². The lowest BCUT2D eigenvalue weighted by Gasteiger charge is -2.49. The zero-order valence-electron chi connectivity index (χ0n) is 18.3. The van der Waals surface area contributed by atoms with Crippen molar-refractivity contribution in [1.29, 1.82) is 0 Å². The van der Waals surface area contributed by atoms with Gasteiger partial charge in [0.1, 0.15) is 11.5 Å². The zero-order chi connectivity index (χ0) is 22.2. The first-order valence-corrected chi connectivity index (χ1v) is 10.4. The highest BCUT2D eigenvalue weighted by Crippen LogP contribution is 2.49. The summed E-state index contributed by atoms with van der Waals surface area (Å²) in [6.45, 7) is 5.80. The number of esters is 1. The Kier molecular flexibility index (Phi) is 5.29. The second kappa shape index (κ2) is 7.80. The first kappa shape index (κ1) is 21.0. The van der Waals surface area contributed by atoms with Crippen molar-refractivity contribution in [1.82, 2.24) is 10.6 Å². The summed E-state index contributed by atoms with van der Waals surface area (Å²) in [7, 11) is 1.32. The highest BCUT2D eigenvalue weighted by Gasteiger charge is 2.50. The fourth-order valence-corrected chi connectivity index (χ4v) is 4.74. The summed E-state index contributed by atoms with van der Waals surface area (Å²) in [5.41, 5.74) is 1.94. The topological polar surface area (TPSA) is 85.9 Å². The van der Waals surface area contributed by atoms with Crippen molar-refractivity contribution in [3.05, 3.63) is 59.2 Å². The molecule has 31 heavy (non-hydrogen) atoms. The Labute approximate surface area is 182 Å². The molecule has 1 spiro atoms. The number of amides is 2. The minimum atomic E-state index is -0.854. The number of rotatable bonds is 4. The third-order valence-electron chi connectivity index (χ3n) is 5.82. The molecule has 2 atom stereocenters. The van der Waals surface area contributed by atoms with Crippen molar-refractivity contribution in [3.8, 4) is 11.5 Å².